The number of urea groups is 1. The summed E-state index contributed by atoms with van der Waals surface area (Å²) in [5.41, 5.74) is -0.151. The van der Waals surface area contributed by atoms with E-state index in [0.717, 1.165) is 5.01 Å². The average molecular weight is 310 g/mol. The molecule has 102 valence electrons. The maximum absolute atomic E-state index is 12.6. The second kappa shape index (κ2) is 6.14. The van der Waals surface area contributed by atoms with Crippen molar-refractivity contribution in [2.24, 2.45) is 0 Å². The van der Waals surface area contributed by atoms with Gasteiger partial charge in [-0.25, -0.2) is 9.44 Å². The van der Waals surface area contributed by atoms with E-state index in [1.165, 1.54) is 11.3 Å². The third-order valence-corrected chi connectivity index (χ3v) is 4.46. The van der Waals surface area contributed by atoms with Gasteiger partial charge in [0.2, 0.25) is 0 Å². The fourth-order valence-electron chi connectivity index (χ4n) is 1.82. The molecule has 6 nitrogen and oxygen atoms in total. The van der Waals surface area contributed by atoms with Crippen LogP contribution in [0.2, 0.25) is 0 Å². The van der Waals surface area contributed by atoms with Crippen LogP contribution in [-0.2, 0) is 5.41 Å². The number of hydroxylamine groups is 2. The summed E-state index contributed by atoms with van der Waals surface area (Å²) in [6.45, 7) is 9.18. The zero-order chi connectivity index (χ0) is 13.6. The van der Waals surface area contributed by atoms with Crippen LogP contribution in [0.1, 0.15) is 34.1 Å². The van der Waals surface area contributed by atoms with Gasteiger partial charge >= 0.3 is 62.5 Å². The number of nitrogens with zero attached hydrogens (tertiary/aromatic N) is 4. The molecule has 1 aliphatic heterocycles. The summed E-state index contributed by atoms with van der Waals surface area (Å²) in [7, 11) is 0. The Balaban J connectivity index is 0.00000180. The van der Waals surface area contributed by atoms with Crippen LogP contribution in [0.3, 0.4) is 0 Å². The van der Waals surface area contributed by atoms with Crippen molar-refractivity contribution in [1.29, 1.82) is 0 Å². The van der Waals surface area contributed by atoms with E-state index in [-0.39, 0.29) is 69.9 Å². The van der Waals surface area contributed by atoms with Gasteiger partial charge in [-0.3, -0.25) is 4.90 Å². The third-order valence-electron chi connectivity index (χ3n) is 3.01. The van der Waals surface area contributed by atoms with Crippen LogP contribution in [-0.4, -0.2) is 40.8 Å². The first-order chi connectivity index (χ1) is 8.29. The van der Waals surface area contributed by atoms with Crippen molar-refractivity contribution in [2.75, 3.05) is 19.6 Å². The molecule has 19 heavy (non-hydrogen) atoms. The van der Waals surface area contributed by atoms with Gasteiger partial charge in [-0.2, -0.15) is 0 Å². The predicted molar refractivity (Wildman–Crippen MR) is 72.4 cm³/mol. The van der Waals surface area contributed by atoms with Gasteiger partial charge in [-0.05, 0) is 18.3 Å². The second-order valence-corrected chi connectivity index (χ2v) is 6.42. The first-order valence-corrected chi connectivity index (χ1v) is 6.84. The molecule has 1 fully saturated rings. The first kappa shape index (κ1) is 17.6. The van der Waals surface area contributed by atoms with E-state index in [1.54, 1.807) is 4.90 Å². The molecular formula is C11H19KN4O2S. The Morgan fingerprint density at radius 2 is 2.11 bits per heavy atom. The van der Waals surface area contributed by atoms with Crippen molar-refractivity contribution in [3.63, 3.8) is 0 Å². The number of carbonyl (C=O) groups excluding carboxylic acids is 1. The number of quaternary nitrogens is 1. The van der Waals surface area contributed by atoms with Gasteiger partial charge in [0.1, 0.15) is 11.6 Å². The van der Waals surface area contributed by atoms with Gasteiger partial charge < -0.3 is 6.63 Å². The molecule has 2 rings (SSSR count). The zero-order valence-corrected chi connectivity index (χ0v) is 16.1. The van der Waals surface area contributed by atoms with Gasteiger partial charge in [-0.1, -0.05) is 25.9 Å². The number of hydrogen-bond donors (Lipinski definition) is 0. The molecule has 2 amide bonds. The fourth-order valence-corrected chi connectivity index (χ4v) is 2.78. The van der Waals surface area contributed by atoms with Crippen molar-refractivity contribution in [3.8, 4) is 0 Å². The van der Waals surface area contributed by atoms with E-state index >= 15 is 0 Å². The molecule has 1 unspecified atom stereocenters. The molecule has 0 aromatic carbocycles. The third kappa shape index (κ3) is 3.26. The summed E-state index contributed by atoms with van der Waals surface area (Å²) >= 11 is 1.24. The number of hydrogen-bond acceptors (Lipinski definition) is 5. The second-order valence-electron chi connectivity index (χ2n) is 5.47. The number of rotatable bonds is 2. The number of aromatic nitrogens is 2. The molecule has 0 spiro atoms. The summed E-state index contributed by atoms with van der Waals surface area (Å²) < 4.78 is -0.985. The maximum Gasteiger partial charge on any atom is 1.00 e. The Hall–Kier alpha value is 0.586. The van der Waals surface area contributed by atoms with E-state index < -0.39 is 10.7 Å². The van der Waals surface area contributed by atoms with Crippen LogP contribution in [0, 0.1) is 5.21 Å². The standard InChI is InChI=1S/C11H18N4O2S.K.H/c1-5-14-6-7-15(17,10(14)16)9-13-12-8(18-9)11(2,3)4;;/h5-7H2,1-4H3;;/q;+1;-1. The minimum absolute atomic E-state index is 0. The minimum Gasteiger partial charge on any atom is -1.00 e. The van der Waals surface area contributed by atoms with Gasteiger partial charge in [0, 0.05) is 12.0 Å². The largest absolute Gasteiger partial charge is 1.00 e. The van der Waals surface area contributed by atoms with Gasteiger partial charge in [0.25, 0.3) is 0 Å². The number of likely N-dealkylation sites (N-methyl/N-ethyl adjacent to an activating group) is 1. The molecule has 0 aliphatic carbocycles. The predicted octanol–water partition coefficient (Wildman–Crippen LogP) is -0.787. The SMILES string of the molecule is CCN1CC[N+]([O-])(c2nnc(C(C)(C)C)s2)C1=O.[H-].[K+]. The molecule has 2 heterocycles. The van der Waals surface area contributed by atoms with Crippen LogP contribution in [0.25, 0.3) is 0 Å². The van der Waals surface area contributed by atoms with Crippen molar-refractivity contribution in [2.45, 2.75) is 33.1 Å². The molecule has 1 saturated heterocycles. The fraction of sp³-hybridized carbons (Fsp3) is 0.727. The summed E-state index contributed by atoms with van der Waals surface area (Å²) in [6, 6.07) is -0.422. The zero-order valence-electron chi connectivity index (χ0n) is 13.1. The maximum atomic E-state index is 12.6. The topological polar surface area (TPSA) is 69.2 Å². The molecule has 8 heteroatoms. The van der Waals surface area contributed by atoms with Crippen LogP contribution >= 0.6 is 11.3 Å². The molecule has 1 aromatic heterocycles. The molecule has 0 radical (unpaired) electrons. The van der Waals surface area contributed by atoms with E-state index in [2.05, 4.69) is 10.2 Å². The number of carbonyl (C=O) groups is 1. The molecule has 1 atom stereocenters. The van der Waals surface area contributed by atoms with Crippen LogP contribution in [0.5, 0.6) is 0 Å². The Bertz CT molecular complexity index is 479. The molecule has 1 aromatic rings. The van der Waals surface area contributed by atoms with Crippen LogP contribution in [0.15, 0.2) is 0 Å². The van der Waals surface area contributed by atoms with Crippen LogP contribution in [0.4, 0.5) is 9.93 Å². The Morgan fingerprint density at radius 1 is 1.47 bits per heavy atom. The molecule has 0 saturated carbocycles. The van der Waals surface area contributed by atoms with Crippen molar-refractivity contribution >= 4 is 22.5 Å². The molecule has 0 N–H and O–H groups in total. The summed E-state index contributed by atoms with van der Waals surface area (Å²) in [6.07, 6.45) is 0. The van der Waals surface area contributed by atoms with Gasteiger partial charge in [0.05, 0.1) is 6.54 Å². The molecule has 0 bridgehead atoms. The van der Waals surface area contributed by atoms with E-state index in [9.17, 15) is 10.0 Å². The monoisotopic (exact) mass is 310 g/mol. The van der Waals surface area contributed by atoms with E-state index in [0.29, 0.717) is 13.1 Å². The Kier molecular flexibility index (Phi) is 5.70. The van der Waals surface area contributed by atoms with Crippen molar-refractivity contribution < 1.29 is 57.6 Å². The quantitative estimate of drug-likeness (QED) is 0.408. The summed E-state index contributed by atoms with van der Waals surface area (Å²) in [5, 5.41) is 21.6. The average Bonchev–Trinajstić information content (AvgIpc) is 2.86. The van der Waals surface area contributed by atoms with Crippen molar-refractivity contribution in [3.05, 3.63) is 10.2 Å². The van der Waals surface area contributed by atoms with Crippen LogP contribution < -0.4 is 56.0 Å². The Labute approximate surface area is 161 Å². The Morgan fingerprint density at radius 3 is 2.53 bits per heavy atom. The van der Waals surface area contributed by atoms with E-state index in [4.69, 9.17) is 0 Å². The molecular weight excluding hydrogens is 291 g/mol. The van der Waals surface area contributed by atoms with Gasteiger partial charge in [-0.15, -0.1) is 5.10 Å². The molecule has 1 aliphatic rings. The first-order valence-electron chi connectivity index (χ1n) is 6.02. The minimum atomic E-state index is -0.985. The van der Waals surface area contributed by atoms with Gasteiger partial charge in [0.15, 0.2) is 0 Å². The smallest absolute Gasteiger partial charge is 1.00 e. The summed E-state index contributed by atoms with van der Waals surface area (Å²) in [4.78, 5) is 13.6. The van der Waals surface area contributed by atoms with E-state index in [1.807, 2.05) is 27.7 Å². The van der Waals surface area contributed by atoms with Crippen molar-refractivity contribution in [1.82, 2.24) is 19.7 Å². The summed E-state index contributed by atoms with van der Waals surface area (Å²) in [5.74, 6) is 0. The normalized spacial score (nSPS) is 23.6. The number of amides is 2.